The van der Waals surface area contributed by atoms with Gasteiger partial charge in [0.15, 0.2) is 11.6 Å². The van der Waals surface area contributed by atoms with Crippen molar-refractivity contribution in [3.05, 3.63) is 47.8 Å². The molecule has 6 nitrogen and oxygen atoms in total. The molecule has 166 valence electrons. The van der Waals surface area contributed by atoms with E-state index < -0.39 is 23.2 Å². The predicted molar refractivity (Wildman–Crippen MR) is 115 cm³/mol. The molecule has 1 saturated carbocycles. The first kappa shape index (κ1) is 22.6. The van der Waals surface area contributed by atoms with Gasteiger partial charge in [-0.1, -0.05) is 19.4 Å². The first-order valence-corrected chi connectivity index (χ1v) is 10.4. The van der Waals surface area contributed by atoms with Crippen LogP contribution in [0.2, 0.25) is 0 Å². The number of aliphatic carboxylic acids is 1. The summed E-state index contributed by atoms with van der Waals surface area (Å²) in [5, 5.41) is 12.6. The molecule has 1 fully saturated rings. The van der Waals surface area contributed by atoms with Crippen molar-refractivity contribution in [2.24, 2.45) is 5.92 Å². The van der Waals surface area contributed by atoms with E-state index in [0.29, 0.717) is 35.6 Å². The second-order valence-corrected chi connectivity index (χ2v) is 7.96. The number of carboxylic acid groups (broad SMARTS) is 1. The molecule has 0 atom stereocenters. The number of rotatable bonds is 7. The Morgan fingerprint density at radius 1 is 1.10 bits per heavy atom. The maximum Gasteiger partial charge on any atom is 0.329 e. The van der Waals surface area contributed by atoms with E-state index >= 15 is 0 Å². The van der Waals surface area contributed by atoms with Crippen molar-refractivity contribution in [2.75, 3.05) is 14.2 Å². The fourth-order valence-corrected chi connectivity index (χ4v) is 4.17. The zero-order valence-electron chi connectivity index (χ0n) is 18.0. The normalized spacial score (nSPS) is 20.7. The van der Waals surface area contributed by atoms with E-state index in [4.69, 9.17) is 9.47 Å². The molecule has 0 heterocycles. The summed E-state index contributed by atoms with van der Waals surface area (Å²) in [6.45, 7) is 2.10. The Kier molecular flexibility index (Phi) is 6.83. The molecule has 1 aliphatic carbocycles. The molecular weight excluding hydrogens is 401 g/mol. The number of nitrogens with one attached hydrogen (secondary N) is 1. The molecule has 2 aromatic carbocycles. The topological polar surface area (TPSA) is 84.9 Å². The van der Waals surface area contributed by atoms with Crippen molar-refractivity contribution in [1.82, 2.24) is 5.32 Å². The highest BCUT2D eigenvalue weighted by Crippen LogP contribution is 2.36. The molecule has 31 heavy (non-hydrogen) atoms. The highest BCUT2D eigenvalue weighted by atomic mass is 19.1. The van der Waals surface area contributed by atoms with Crippen molar-refractivity contribution in [2.45, 2.75) is 44.6 Å². The van der Waals surface area contributed by atoms with Crippen LogP contribution in [0.5, 0.6) is 11.5 Å². The molecule has 0 aliphatic heterocycles. The maximum atomic E-state index is 14.2. The van der Waals surface area contributed by atoms with Crippen LogP contribution >= 0.6 is 0 Å². The van der Waals surface area contributed by atoms with Gasteiger partial charge in [-0.25, -0.2) is 9.18 Å². The average molecular weight is 429 g/mol. The lowest BCUT2D eigenvalue weighted by Crippen LogP contribution is -2.56. The van der Waals surface area contributed by atoms with E-state index in [2.05, 4.69) is 12.2 Å². The third-order valence-corrected chi connectivity index (χ3v) is 6.22. The Morgan fingerprint density at radius 3 is 2.29 bits per heavy atom. The van der Waals surface area contributed by atoms with Gasteiger partial charge in [-0.2, -0.15) is 0 Å². The highest BCUT2D eigenvalue weighted by Gasteiger charge is 2.43. The predicted octanol–water partition coefficient (Wildman–Crippen LogP) is 4.66. The number of carbonyl (C=O) groups is 2. The molecule has 1 aliphatic rings. The second-order valence-electron chi connectivity index (χ2n) is 7.96. The molecule has 0 radical (unpaired) electrons. The highest BCUT2D eigenvalue weighted by molar-refractivity contribution is 5.99. The van der Waals surface area contributed by atoms with Crippen LogP contribution in [0.15, 0.2) is 36.4 Å². The Labute approximate surface area is 181 Å². The number of carbonyl (C=O) groups excluding carboxylic acids is 1. The summed E-state index contributed by atoms with van der Waals surface area (Å²) in [7, 11) is 2.87. The van der Waals surface area contributed by atoms with Crippen LogP contribution in [0.1, 0.15) is 49.4 Å². The van der Waals surface area contributed by atoms with Gasteiger partial charge in [-0.15, -0.1) is 0 Å². The Bertz CT molecular complexity index is 966. The first-order chi connectivity index (χ1) is 14.8. The zero-order chi connectivity index (χ0) is 22.6. The van der Waals surface area contributed by atoms with E-state index in [1.165, 1.54) is 26.4 Å². The number of carboxylic acids is 1. The van der Waals surface area contributed by atoms with E-state index in [-0.39, 0.29) is 11.3 Å². The number of benzene rings is 2. The van der Waals surface area contributed by atoms with E-state index in [1.807, 2.05) is 0 Å². The average Bonchev–Trinajstić information content (AvgIpc) is 2.78. The lowest BCUT2D eigenvalue weighted by atomic mass is 9.75. The lowest BCUT2D eigenvalue weighted by molar-refractivity contribution is -0.146. The van der Waals surface area contributed by atoms with Crippen molar-refractivity contribution >= 4 is 11.9 Å². The molecule has 7 heteroatoms. The molecule has 0 unspecified atom stereocenters. The molecule has 0 spiro atoms. The molecule has 0 aromatic heterocycles. The van der Waals surface area contributed by atoms with Gasteiger partial charge in [0.2, 0.25) is 0 Å². The van der Waals surface area contributed by atoms with E-state index in [9.17, 15) is 19.1 Å². The van der Waals surface area contributed by atoms with Crippen molar-refractivity contribution in [3.8, 4) is 22.6 Å². The summed E-state index contributed by atoms with van der Waals surface area (Å²) >= 11 is 0. The summed E-state index contributed by atoms with van der Waals surface area (Å²) in [5.41, 5.74) is 0.0527. The minimum Gasteiger partial charge on any atom is -0.496 e. The van der Waals surface area contributed by atoms with Crippen LogP contribution in [0, 0.1) is 11.7 Å². The fraction of sp³-hybridized carbons (Fsp3) is 0.417. The van der Waals surface area contributed by atoms with E-state index in [0.717, 1.165) is 19.3 Å². The summed E-state index contributed by atoms with van der Waals surface area (Å²) < 4.78 is 24.6. The minimum absolute atomic E-state index is 0.114. The largest absolute Gasteiger partial charge is 0.496 e. The van der Waals surface area contributed by atoms with Gasteiger partial charge in [0.1, 0.15) is 11.3 Å². The summed E-state index contributed by atoms with van der Waals surface area (Å²) in [6.07, 6.45) is 3.34. The van der Waals surface area contributed by atoms with E-state index in [1.54, 1.807) is 24.3 Å². The molecular formula is C24H28FNO5. The van der Waals surface area contributed by atoms with Gasteiger partial charge >= 0.3 is 5.97 Å². The first-order valence-electron chi connectivity index (χ1n) is 10.4. The SMILES string of the molecule is CC[C@H]1CC[C@](NC(=O)c2ccc(OC)c(-c3ccc(OC)c(F)c3)c2)(C(=O)O)CC1. The van der Waals surface area contributed by atoms with Crippen LogP contribution in [0.25, 0.3) is 11.1 Å². The van der Waals surface area contributed by atoms with Gasteiger partial charge < -0.3 is 19.9 Å². The second kappa shape index (κ2) is 9.37. The van der Waals surface area contributed by atoms with Crippen LogP contribution in [0.4, 0.5) is 4.39 Å². The Morgan fingerprint density at radius 2 is 1.74 bits per heavy atom. The number of hydrogen-bond acceptors (Lipinski definition) is 4. The van der Waals surface area contributed by atoms with Gasteiger partial charge in [0, 0.05) is 11.1 Å². The molecule has 3 rings (SSSR count). The quantitative estimate of drug-likeness (QED) is 0.669. The molecule has 1 amide bonds. The standard InChI is InChI=1S/C24H28FNO5/c1-4-15-9-11-24(12-10-15,23(28)29)26-22(27)17-6-7-20(30-2)18(13-17)16-5-8-21(31-3)19(25)14-16/h5-8,13-15H,4,9-12H2,1-3H3,(H,26,27)(H,28,29)/t15-,24+. The van der Waals surface area contributed by atoms with Gasteiger partial charge in [0.25, 0.3) is 5.91 Å². The van der Waals surface area contributed by atoms with Crippen molar-refractivity contribution < 1.29 is 28.6 Å². The summed E-state index contributed by atoms with van der Waals surface area (Å²) in [5.74, 6) is -0.951. The molecule has 0 bridgehead atoms. The summed E-state index contributed by atoms with van der Waals surface area (Å²) in [4.78, 5) is 25.1. The van der Waals surface area contributed by atoms with Gasteiger partial charge in [0.05, 0.1) is 14.2 Å². The van der Waals surface area contributed by atoms with Crippen LogP contribution in [-0.4, -0.2) is 36.7 Å². The minimum atomic E-state index is -1.27. The Balaban J connectivity index is 1.90. The van der Waals surface area contributed by atoms with Crippen molar-refractivity contribution in [1.29, 1.82) is 0 Å². The lowest BCUT2D eigenvalue weighted by Gasteiger charge is -2.37. The number of amides is 1. The Hall–Kier alpha value is -3.09. The van der Waals surface area contributed by atoms with Crippen LogP contribution in [0.3, 0.4) is 0 Å². The fourth-order valence-electron chi connectivity index (χ4n) is 4.17. The zero-order valence-corrected chi connectivity index (χ0v) is 18.0. The molecule has 2 aromatic rings. The maximum absolute atomic E-state index is 14.2. The molecule has 0 saturated heterocycles. The van der Waals surface area contributed by atoms with Gasteiger partial charge in [-0.3, -0.25) is 4.79 Å². The smallest absolute Gasteiger partial charge is 0.329 e. The number of methoxy groups -OCH3 is 2. The monoisotopic (exact) mass is 429 g/mol. The number of hydrogen-bond donors (Lipinski definition) is 2. The van der Waals surface area contributed by atoms with Crippen molar-refractivity contribution in [3.63, 3.8) is 0 Å². The number of halogens is 1. The summed E-state index contributed by atoms with van der Waals surface area (Å²) in [6, 6.07) is 9.26. The van der Waals surface area contributed by atoms with Crippen LogP contribution < -0.4 is 14.8 Å². The third kappa shape index (κ3) is 4.65. The van der Waals surface area contributed by atoms with Gasteiger partial charge in [-0.05, 0) is 67.5 Å². The third-order valence-electron chi connectivity index (χ3n) is 6.22. The number of ether oxygens (including phenoxy) is 2. The van der Waals surface area contributed by atoms with Crippen LogP contribution in [-0.2, 0) is 4.79 Å². The molecule has 2 N–H and O–H groups in total.